The molecule has 0 saturated carbocycles. The van der Waals surface area contributed by atoms with Crippen molar-refractivity contribution in [2.24, 2.45) is 0 Å². The number of nitrogens with zero attached hydrogens (tertiary/aromatic N) is 2. The van der Waals surface area contributed by atoms with Crippen LogP contribution < -0.4 is 0 Å². The first-order valence-electron chi connectivity index (χ1n) is 8.91. The largest absolute Gasteiger partial charge is 0.390 e. The van der Waals surface area contributed by atoms with Crippen molar-refractivity contribution in [3.8, 4) is 0 Å². The molecular weight excluding hydrogens is 304 g/mol. The van der Waals surface area contributed by atoms with Gasteiger partial charge in [-0.25, -0.2) is 0 Å². The van der Waals surface area contributed by atoms with Crippen molar-refractivity contribution >= 4 is 5.91 Å². The summed E-state index contributed by atoms with van der Waals surface area (Å²) in [5, 5.41) is 10.3. The molecule has 2 fully saturated rings. The summed E-state index contributed by atoms with van der Waals surface area (Å²) < 4.78 is 5.91. The standard InChI is InChI=1S/C19H28N2O3/c1-20(14-16-6-3-2-4-7-16)15-18(23)21-11-9-19(10-12-21)17(22)8-5-13-24-19/h2-4,6-7,17,22H,5,8-15H2,1H3. The first-order chi connectivity index (χ1) is 11.6. The van der Waals surface area contributed by atoms with Gasteiger partial charge in [0.15, 0.2) is 0 Å². The molecule has 2 aliphatic rings. The van der Waals surface area contributed by atoms with Crippen LogP contribution in [0.15, 0.2) is 30.3 Å². The minimum Gasteiger partial charge on any atom is -0.390 e. The summed E-state index contributed by atoms with van der Waals surface area (Å²) in [7, 11) is 1.98. The first kappa shape index (κ1) is 17.4. The van der Waals surface area contributed by atoms with Crippen LogP contribution in [0, 0.1) is 0 Å². The average Bonchev–Trinajstić information content (AvgIpc) is 2.59. The number of rotatable bonds is 4. The Morgan fingerprint density at radius 2 is 2.04 bits per heavy atom. The van der Waals surface area contributed by atoms with Gasteiger partial charge in [-0.1, -0.05) is 30.3 Å². The maximum Gasteiger partial charge on any atom is 0.236 e. The number of piperidine rings is 1. The summed E-state index contributed by atoms with van der Waals surface area (Å²) in [6.07, 6.45) is 2.83. The summed E-state index contributed by atoms with van der Waals surface area (Å²) >= 11 is 0. The highest BCUT2D eigenvalue weighted by Gasteiger charge is 2.44. The molecule has 0 aromatic heterocycles. The summed E-state index contributed by atoms with van der Waals surface area (Å²) in [5.41, 5.74) is 0.800. The molecule has 1 unspecified atom stereocenters. The molecule has 2 aliphatic heterocycles. The van der Waals surface area contributed by atoms with E-state index in [1.54, 1.807) is 0 Å². The molecule has 0 radical (unpaired) electrons. The van der Waals surface area contributed by atoms with E-state index in [0.29, 0.717) is 19.6 Å². The number of aliphatic hydroxyl groups is 1. The number of likely N-dealkylation sites (N-methyl/N-ethyl adjacent to an activating group) is 1. The van der Waals surface area contributed by atoms with E-state index in [2.05, 4.69) is 12.1 Å². The molecule has 1 aromatic rings. The molecule has 3 rings (SSSR count). The van der Waals surface area contributed by atoms with Crippen LogP contribution in [0.4, 0.5) is 0 Å². The molecule has 24 heavy (non-hydrogen) atoms. The lowest BCUT2D eigenvalue weighted by atomic mass is 9.82. The summed E-state index contributed by atoms with van der Waals surface area (Å²) in [6, 6.07) is 10.2. The van der Waals surface area contributed by atoms with Gasteiger partial charge >= 0.3 is 0 Å². The van der Waals surface area contributed by atoms with Gasteiger partial charge in [0.2, 0.25) is 5.91 Å². The maximum atomic E-state index is 12.5. The maximum absolute atomic E-state index is 12.5. The second-order valence-corrected chi connectivity index (χ2v) is 7.11. The van der Waals surface area contributed by atoms with E-state index in [4.69, 9.17) is 4.74 Å². The highest BCUT2D eigenvalue weighted by atomic mass is 16.5. The monoisotopic (exact) mass is 332 g/mol. The number of likely N-dealkylation sites (tertiary alicyclic amines) is 1. The third-order valence-electron chi connectivity index (χ3n) is 5.28. The zero-order valence-electron chi connectivity index (χ0n) is 14.5. The van der Waals surface area contributed by atoms with E-state index in [1.165, 1.54) is 5.56 Å². The van der Waals surface area contributed by atoms with Crippen LogP contribution in [0.2, 0.25) is 0 Å². The Hall–Kier alpha value is -1.43. The highest BCUT2D eigenvalue weighted by Crippen LogP contribution is 2.35. The van der Waals surface area contributed by atoms with Crippen LogP contribution in [0.25, 0.3) is 0 Å². The molecule has 5 nitrogen and oxygen atoms in total. The fourth-order valence-corrected chi connectivity index (χ4v) is 3.81. The summed E-state index contributed by atoms with van der Waals surface area (Å²) in [6.45, 7) is 3.27. The van der Waals surface area contributed by atoms with Gasteiger partial charge in [-0.15, -0.1) is 0 Å². The van der Waals surface area contributed by atoms with Crippen molar-refractivity contribution in [1.82, 2.24) is 9.80 Å². The lowest BCUT2D eigenvalue weighted by Crippen LogP contribution is -2.56. The lowest BCUT2D eigenvalue weighted by molar-refractivity contribution is -0.179. The number of amides is 1. The van der Waals surface area contributed by atoms with Crippen LogP contribution in [-0.4, -0.2) is 65.8 Å². The summed E-state index contributed by atoms with van der Waals surface area (Å²) in [4.78, 5) is 16.5. The quantitative estimate of drug-likeness (QED) is 0.911. The van der Waals surface area contributed by atoms with E-state index in [9.17, 15) is 9.90 Å². The van der Waals surface area contributed by atoms with Crippen LogP contribution in [0.3, 0.4) is 0 Å². The molecule has 1 aromatic carbocycles. The van der Waals surface area contributed by atoms with Crippen molar-refractivity contribution in [3.05, 3.63) is 35.9 Å². The smallest absolute Gasteiger partial charge is 0.236 e. The van der Waals surface area contributed by atoms with Crippen molar-refractivity contribution in [2.75, 3.05) is 33.3 Å². The summed E-state index contributed by atoms with van der Waals surface area (Å²) in [5.74, 6) is 0.161. The van der Waals surface area contributed by atoms with Crippen LogP contribution >= 0.6 is 0 Å². The molecule has 0 aliphatic carbocycles. The Kier molecular flexibility index (Phi) is 5.54. The van der Waals surface area contributed by atoms with E-state index in [0.717, 1.165) is 38.8 Å². The predicted octanol–water partition coefficient (Wildman–Crippen LogP) is 1.65. The number of carbonyl (C=O) groups excluding carboxylic acids is 1. The van der Waals surface area contributed by atoms with Gasteiger partial charge < -0.3 is 14.7 Å². The second-order valence-electron chi connectivity index (χ2n) is 7.11. The number of hydrogen-bond donors (Lipinski definition) is 1. The van der Waals surface area contributed by atoms with Gasteiger partial charge in [0.1, 0.15) is 0 Å². The van der Waals surface area contributed by atoms with Gasteiger partial charge in [0, 0.05) is 26.2 Å². The molecule has 5 heteroatoms. The van der Waals surface area contributed by atoms with E-state index in [-0.39, 0.29) is 12.0 Å². The molecule has 1 amide bonds. The van der Waals surface area contributed by atoms with Crippen LogP contribution in [0.1, 0.15) is 31.2 Å². The van der Waals surface area contributed by atoms with E-state index >= 15 is 0 Å². The minimum absolute atomic E-state index is 0.161. The minimum atomic E-state index is -0.412. The highest BCUT2D eigenvalue weighted by molar-refractivity contribution is 5.78. The van der Waals surface area contributed by atoms with Crippen LogP contribution in [-0.2, 0) is 16.1 Å². The van der Waals surface area contributed by atoms with Crippen molar-refractivity contribution < 1.29 is 14.6 Å². The van der Waals surface area contributed by atoms with Crippen LogP contribution in [0.5, 0.6) is 0 Å². The third kappa shape index (κ3) is 3.97. The fourth-order valence-electron chi connectivity index (χ4n) is 3.81. The zero-order valence-corrected chi connectivity index (χ0v) is 14.5. The second kappa shape index (κ2) is 7.64. The molecular formula is C19H28N2O3. The Labute approximate surface area is 144 Å². The van der Waals surface area contributed by atoms with Gasteiger partial charge in [0.25, 0.3) is 0 Å². The molecule has 2 saturated heterocycles. The molecule has 1 N–H and O–H groups in total. The van der Waals surface area contributed by atoms with Gasteiger partial charge in [0.05, 0.1) is 18.2 Å². The van der Waals surface area contributed by atoms with Gasteiger partial charge in [-0.3, -0.25) is 9.69 Å². The van der Waals surface area contributed by atoms with Gasteiger partial charge in [-0.2, -0.15) is 0 Å². The Morgan fingerprint density at radius 1 is 1.33 bits per heavy atom. The van der Waals surface area contributed by atoms with E-state index in [1.807, 2.05) is 35.0 Å². The number of benzene rings is 1. The molecule has 2 heterocycles. The average molecular weight is 332 g/mol. The topological polar surface area (TPSA) is 53.0 Å². The Morgan fingerprint density at radius 3 is 2.71 bits per heavy atom. The SMILES string of the molecule is CN(CC(=O)N1CCC2(CC1)OCCCC2O)Cc1ccccc1. The number of carbonyl (C=O) groups is 1. The van der Waals surface area contributed by atoms with E-state index < -0.39 is 5.60 Å². The molecule has 1 spiro atoms. The number of aliphatic hydroxyl groups excluding tert-OH is 1. The molecule has 0 bridgehead atoms. The van der Waals surface area contributed by atoms with Crippen molar-refractivity contribution in [3.63, 3.8) is 0 Å². The first-order valence-corrected chi connectivity index (χ1v) is 8.91. The molecule has 1 atom stereocenters. The Balaban J connectivity index is 1.48. The lowest BCUT2D eigenvalue weighted by Gasteiger charge is -2.46. The zero-order chi connectivity index (χ0) is 17.0. The normalized spacial score (nSPS) is 23.6. The molecule has 132 valence electrons. The van der Waals surface area contributed by atoms with Crippen molar-refractivity contribution in [2.45, 2.75) is 43.9 Å². The Bertz CT molecular complexity index is 541. The van der Waals surface area contributed by atoms with Crippen molar-refractivity contribution in [1.29, 1.82) is 0 Å². The fraction of sp³-hybridized carbons (Fsp3) is 0.632. The number of hydrogen-bond acceptors (Lipinski definition) is 4. The van der Waals surface area contributed by atoms with Gasteiger partial charge in [-0.05, 0) is 38.3 Å². The number of ether oxygens (including phenoxy) is 1. The third-order valence-corrected chi connectivity index (χ3v) is 5.28. The predicted molar refractivity (Wildman–Crippen MR) is 92.5 cm³/mol.